The summed E-state index contributed by atoms with van der Waals surface area (Å²) in [6, 6.07) is 14.7. The third-order valence-corrected chi connectivity index (χ3v) is 5.99. The van der Waals surface area contributed by atoms with Crippen LogP contribution in [-0.2, 0) is 6.61 Å². The number of hydrogen-bond donors (Lipinski definition) is 1. The van der Waals surface area contributed by atoms with Crippen molar-refractivity contribution in [1.29, 1.82) is 5.26 Å². The van der Waals surface area contributed by atoms with E-state index in [4.69, 9.17) is 19.9 Å². The lowest BCUT2D eigenvalue weighted by molar-refractivity contribution is -0.153. The second kappa shape index (κ2) is 9.93. The van der Waals surface area contributed by atoms with E-state index in [1.807, 2.05) is 50.2 Å². The average Bonchev–Trinajstić information content (AvgIpc) is 3.12. The fourth-order valence-electron chi connectivity index (χ4n) is 4.14. The molecule has 4 aromatic rings. The molecule has 10 heteroatoms. The molecule has 0 bridgehead atoms. The molecule has 0 atom stereocenters. The predicted octanol–water partition coefficient (Wildman–Crippen LogP) is 5.93. The molecular weight excluding hydrogens is 485 g/mol. The number of nitriles is 1. The summed E-state index contributed by atoms with van der Waals surface area (Å²) in [5.74, 6) is 1.41. The van der Waals surface area contributed by atoms with Crippen LogP contribution < -0.4 is 19.9 Å². The minimum atomic E-state index is -4.51. The maximum Gasteiger partial charge on any atom is 0.422 e. The van der Waals surface area contributed by atoms with Gasteiger partial charge in [-0.15, -0.1) is 0 Å². The SMILES string of the molecule is COc1ccc(COc2ccc(C)c(-n3c(N)c(C#N)c4cc(OCC(F)(F)F)c(C)nc43)c2C)cc1. The van der Waals surface area contributed by atoms with E-state index in [0.29, 0.717) is 29.1 Å². The summed E-state index contributed by atoms with van der Waals surface area (Å²) in [7, 11) is 1.60. The molecule has 0 amide bonds. The Morgan fingerprint density at radius 3 is 2.35 bits per heavy atom. The monoisotopic (exact) mass is 510 g/mol. The average molecular weight is 511 g/mol. The molecule has 0 aliphatic heterocycles. The molecule has 2 aromatic carbocycles. The number of hydrogen-bond acceptors (Lipinski definition) is 6. The molecule has 4 rings (SSSR count). The molecule has 7 nitrogen and oxygen atoms in total. The number of nitrogen functional groups attached to an aromatic ring is 1. The van der Waals surface area contributed by atoms with Crippen molar-refractivity contribution in [3.8, 4) is 29.0 Å². The molecule has 0 aliphatic carbocycles. The van der Waals surface area contributed by atoms with Crippen molar-refractivity contribution >= 4 is 16.9 Å². The summed E-state index contributed by atoms with van der Waals surface area (Å²) in [6.07, 6.45) is -4.51. The molecule has 2 aromatic heterocycles. The van der Waals surface area contributed by atoms with Gasteiger partial charge in [0.15, 0.2) is 6.61 Å². The molecule has 0 spiro atoms. The van der Waals surface area contributed by atoms with Crippen LogP contribution in [0.1, 0.15) is 27.9 Å². The van der Waals surface area contributed by atoms with Crippen molar-refractivity contribution < 1.29 is 27.4 Å². The van der Waals surface area contributed by atoms with Crippen LogP contribution in [0.25, 0.3) is 16.7 Å². The molecule has 0 saturated carbocycles. The predicted molar refractivity (Wildman–Crippen MR) is 133 cm³/mol. The highest BCUT2D eigenvalue weighted by atomic mass is 19.4. The Kier molecular flexibility index (Phi) is 6.90. The summed E-state index contributed by atoms with van der Waals surface area (Å²) >= 11 is 0. The van der Waals surface area contributed by atoms with Gasteiger partial charge in [0.1, 0.15) is 47.0 Å². The third-order valence-electron chi connectivity index (χ3n) is 5.99. The highest BCUT2D eigenvalue weighted by Gasteiger charge is 2.29. The van der Waals surface area contributed by atoms with Crippen LogP contribution in [0.15, 0.2) is 42.5 Å². The molecular formula is C27H25F3N4O3. The second-order valence-electron chi connectivity index (χ2n) is 8.55. The third kappa shape index (κ3) is 5.11. The number of benzene rings is 2. The van der Waals surface area contributed by atoms with Crippen LogP contribution in [0, 0.1) is 32.1 Å². The molecule has 0 saturated heterocycles. The molecule has 0 aliphatic rings. The number of aryl methyl sites for hydroxylation is 2. The quantitative estimate of drug-likeness (QED) is 0.331. The second-order valence-corrected chi connectivity index (χ2v) is 8.55. The zero-order valence-corrected chi connectivity index (χ0v) is 20.7. The lowest BCUT2D eigenvalue weighted by Gasteiger charge is -2.18. The van der Waals surface area contributed by atoms with Gasteiger partial charge >= 0.3 is 6.18 Å². The van der Waals surface area contributed by atoms with Crippen molar-refractivity contribution in [3.05, 3.63) is 70.4 Å². The van der Waals surface area contributed by atoms with Crippen molar-refractivity contribution in [2.24, 2.45) is 0 Å². The number of rotatable bonds is 7. The van der Waals surface area contributed by atoms with Crippen LogP contribution in [0.4, 0.5) is 19.0 Å². The topological polar surface area (TPSA) is 95.3 Å². The molecule has 0 radical (unpaired) electrons. The van der Waals surface area contributed by atoms with Gasteiger partial charge in [-0.3, -0.25) is 4.57 Å². The molecule has 0 fully saturated rings. The summed E-state index contributed by atoms with van der Waals surface area (Å²) in [6.45, 7) is 4.15. The van der Waals surface area contributed by atoms with Gasteiger partial charge in [-0.25, -0.2) is 4.98 Å². The van der Waals surface area contributed by atoms with E-state index in [0.717, 1.165) is 22.4 Å². The van der Waals surface area contributed by atoms with Gasteiger partial charge in [0.05, 0.1) is 18.5 Å². The summed E-state index contributed by atoms with van der Waals surface area (Å²) in [5.41, 5.74) is 10.3. The minimum Gasteiger partial charge on any atom is -0.497 e. The maximum absolute atomic E-state index is 12.7. The Bertz CT molecular complexity index is 1500. The van der Waals surface area contributed by atoms with Crippen molar-refractivity contribution in [3.63, 3.8) is 0 Å². The van der Waals surface area contributed by atoms with Crippen molar-refractivity contribution in [2.75, 3.05) is 19.5 Å². The number of alkyl halides is 3. The number of methoxy groups -OCH3 is 1. The van der Waals surface area contributed by atoms with Crippen LogP contribution in [0.5, 0.6) is 17.2 Å². The zero-order chi connectivity index (χ0) is 26.9. The van der Waals surface area contributed by atoms with Gasteiger partial charge in [-0.2, -0.15) is 18.4 Å². The van der Waals surface area contributed by atoms with Crippen LogP contribution in [0.2, 0.25) is 0 Å². The van der Waals surface area contributed by atoms with E-state index in [2.05, 4.69) is 11.1 Å². The molecule has 0 unspecified atom stereocenters. The van der Waals surface area contributed by atoms with Crippen LogP contribution in [0.3, 0.4) is 0 Å². The Hall–Kier alpha value is -4.39. The fourth-order valence-corrected chi connectivity index (χ4v) is 4.14. The molecule has 37 heavy (non-hydrogen) atoms. The van der Waals surface area contributed by atoms with Gasteiger partial charge < -0.3 is 19.9 Å². The number of aromatic nitrogens is 2. The van der Waals surface area contributed by atoms with E-state index < -0.39 is 12.8 Å². The number of anilines is 1. The van der Waals surface area contributed by atoms with Gasteiger partial charge in [0.2, 0.25) is 0 Å². The number of halogens is 3. The van der Waals surface area contributed by atoms with Gasteiger partial charge in [-0.1, -0.05) is 18.2 Å². The minimum absolute atomic E-state index is 0.0662. The summed E-state index contributed by atoms with van der Waals surface area (Å²) < 4.78 is 56.0. The van der Waals surface area contributed by atoms with E-state index in [9.17, 15) is 18.4 Å². The van der Waals surface area contributed by atoms with E-state index in [1.54, 1.807) is 18.6 Å². The first-order valence-electron chi connectivity index (χ1n) is 11.3. The van der Waals surface area contributed by atoms with E-state index in [1.165, 1.54) is 6.07 Å². The highest BCUT2D eigenvalue weighted by molar-refractivity contribution is 5.93. The Morgan fingerprint density at radius 2 is 1.73 bits per heavy atom. The largest absolute Gasteiger partial charge is 0.497 e. The van der Waals surface area contributed by atoms with E-state index >= 15 is 0 Å². The van der Waals surface area contributed by atoms with Gasteiger partial charge in [0, 0.05) is 10.9 Å². The number of nitrogens with zero attached hydrogens (tertiary/aromatic N) is 3. The highest BCUT2D eigenvalue weighted by Crippen LogP contribution is 2.38. The Labute approximate surface area is 211 Å². The standard InChI is InChI=1S/C27H25F3N4O3/c1-15-5-10-22(36-13-18-6-8-19(35-4)9-7-18)16(2)24(15)34-25(32)21(12-31)20-11-23(17(3)33-26(20)34)37-14-27(28,29)30/h5-11H,13-14,32H2,1-4H3. The first-order chi connectivity index (χ1) is 17.5. The number of ether oxygens (including phenoxy) is 3. The number of fused-ring (bicyclic) bond motifs is 1. The van der Waals surface area contributed by atoms with Crippen molar-refractivity contribution in [2.45, 2.75) is 33.6 Å². The van der Waals surface area contributed by atoms with Crippen LogP contribution in [-0.4, -0.2) is 29.4 Å². The Morgan fingerprint density at radius 1 is 1.03 bits per heavy atom. The van der Waals surface area contributed by atoms with Gasteiger partial charge in [0.25, 0.3) is 0 Å². The first kappa shape index (κ1) is 25.7. The molecule has 192 valence electrons. The Balaban J connectivity index is 1.78. The van der Waals surface area contributed by atoms with E-state index in [-0.39, 0.29) is 22.8 Å². The lowest BCUT2D eigenvalue weighted by Crippen LogP contribution is -2.19. The smallest absolute Gasteiger partial charge is 0.422 e. The fraction of sp³-hybridized carbons (Fsp3) is 0.259. The number of nitrogens with two attached hydrogens (primary N) is 1. The van der Waals surface area contributed by atoms with Crippen LogP contribution >= 0.6 is 0 Å². The molecule has 2 heterocycles. The molecule has 2 N–H and O–H groups in total. The normalized spacial score (nSPS) is 11.4. The first-order valence-corrected chi connectivity index (χ1v) is 11.3. The lowest BCUT2D eigenvalue weighted by atomic mass is 10.1. The summed E-state index contributed by atoms with van der Waals surface area (Å²) in [4.78, 5) is 4.49. The number of pyridine rings is 1. The zero-order valence-electron chi connectivity index (χ0n) is 20.7. The van der Waals surface area contributed by atoms with Gasteiger partial charge in [-0.05, 0) is 56.2 Å². The maximum atomic E-state index is 12.7. The summed E-state index contributed by atoms with van der Waals surface area (Å²) in [5, 5.41) is 10.1. The van der Waals surface area contributed by atoms with Crippen molar-refractivity contribution in [1.82, 2.24) is 9.55 Å².